The molecule has 0 spiro atoms. The molecule has 0 saturated carbocycles. The quantitative estimate of drug-likeness (QED) is 0.436. The summed E-state index contributed by atoms with van der Waals surface area (Å²) in [5.74, 6) is -1.12. The summed E-state index contributed by atoms with van der Waals surface area (Å²) in [6, 6.07) is 3.20. The van der Waals surface area contributed by atoms with Gasteiger partial charge in [0.15, 0.2) is 9.84 Å². The second-order valence-electron chi connectivity index (χ2n) is 3.77. The molecule has 0 atom stereocenters. The maximum Gasteiger partial charge on any atom is 0.306 e. The lowest BCUT2D eigenvalue weighted by molar-refractivity contribution is -0.385. The van der Waals surface area contributed by atoms with Gasteiger partial charge in [-0.15, -0.1) is 0 Å². The van der Waals surface area contributed by atoms with Crippen molar-refractivity contribution < 1.29 is 27.6 Å². The second-order valence-corrected chi connectivity index (χ2v) is 5.88. The zero-order valence-electron chi connectivity index (χ0n) is 10.9. The first kappa shape index (κ1) is 15.9. The molecule has 0 amide bonds. The number of hydrogen-bond acceptors (Lipinski definition) is 7. The summed E-state index contributed by atoms with van der Waals surface area (Å²) >= 11 is 0. The molecule has 0 aliphatic carbocycles. The number of rotatable bonds is 6. The molecule has 0 aliphatic heterocycles. The molecule has 1 aromatic rings. The fourth-order valence-corrected chi connectivity index (χ4v) is 2.66. The summed E-state index contributed by atoms with van der Waals surface area (Å²) in [5.41, 5.74) is -0.402. The van der Waals surface area contributed by atoms with Crippen molar-refractivity contribution in [3.05, 3.63) is 28.3 Å². The summed E-state index contributed by atoms with van der Waals surface area (Å²) in [4.78, 5) is 20.7. The van der Waals surface area contributed by atoms with E-state index in [9.17, 15) is 23.3 Å². The number of hydrogen-bond donors (Lipinski definition) is 0. The first-order chi connectivity index (χ1) is 9.30. The van der Waals surface area contributed by atoms with Crippen LogP contribution in [0.2, 0.25) is 0 Å². The van der Waals surface area contributed by atoms with Crippen molar-refractivity contribution in [2.24, 2.45) is 0 Å². The van der Waals surface area contributed by atoms with E-state index in [4.69, 9.17) is 4.74 Å². The molecule has 9 heteroatoms. The predicted octanol–water partition coefficient (Wildman–Crippen LogP) is 0.940. The largest absolute Gasteiger partial charge is 0.496 e. The third-order valence-electron chi connectivity index (χ3n) is 2.47. The number of methoxy groups -OCH3 is 2. The summed E-state index contributed by atoms with van der Waals surface area (Å²) in [7, 11) is -1.43. The minimum absolute atomic E-state index is 0.0517. The lowest BCUT2D eigenvalue weighted by atomic mass is 10.3. The number of carbonyl (C=O) groups is 1. The van der Waals surface area contributed by atoms with Gasteiger partial charge < -0.3 is 9.47 Å². The number of nitro groups is 1. The van der Waals surface area contributed by atoms with Crippen LogP contribution in [0.15, 0.2) is 23.1 Å². The number of nitro benzene ring substituents is 1. The highest BCUT2D eigenvalue weighted by atomic mass is 32.2. The van der Waals surface area contributed by atoms with Gasteiger partial charge in [0.05, 0.1) is 42.3 Å². The Hall–Kier alpha value is -2.16. The average molecular weight is 303 g/mol. The lowest BCUT2D eigenvalue weighted by Crippen LogP contribution is -2.12. The molecular formula is C11H13NO7S. The zero-order chi connectivity index (χ0) is 15.3. The number of benzene rings is 1. The molecule has 0 radical (unpaired) electrons. The van der Waals surface area contributed by atoms with Crippen LogP contribution in [-0.4, -0.2) is 39.3 Å². The second kappa shape index (κ2) is 6.33. The van der Waals surface area contributed by atoms with Crippen molar-refractivity contribution >= 4 is 21.5 Å². The molecule has 110 valence electrons. The summed E-state index contributed by atoms with van der Waals surface area (Å²) in [6.45, 7) is 0. The maximum atomic E-state index is 12.0. The monoisotopic (exact) mass is 303 g/mol. The highest BCUT2D eigenvalue weighted by Gasteiger charge is 2.21. The molecule has 0 aromatic heterocycles. The van der Waals surface area contributed by atoms with Crippen molar-refractivity contribution in [2.75, 3.05) is 20.0 Å². The zero-order valence-corrected chi connectivity index (χ0v) is 11.7. The van der Waals surface area contributed by atoms with Crippen molar-refractivity contribution in [3.63, 3.8) is 0 Å². The minimum atomic E-state index is -3.84. The SMILES string of the molecule is COC(=O)CCS(=O)(=O)c1cc(OC)cc([N+](=O)[O-])c1. The molecular weight excluding hydrogens is 290 g/mol. The van der Waals surface area contributed by atoms with E-state index in [0.717, 1.165) is 19.2 Å². The van der Waals surface area contributed by atoms with E-state index in [0.29, 0.717) is 0 Å². The normalized spacial score (nSPS) is 10.9. The number of sulfone groups is 1. The molecule has 0 heterocycles. The Morgan fingerprint density at radius 2 is 1.95 bits per heavy atom. The Kier molecular flexibility index (Phi) is 5.03. The molecule has 0 N–H and O–H groups in total. The molecule has 8 nitrogen and oxygen atoms in total. The van der Waals surface area contributed by atoms with Gasteiger partial charge >= 0.3 is 5.97 Å². The third kappa shape index (κ3) is 3.92. The number of non-ortho nitro benzene ring substituents is 1. The van der Waals surface area contributed by atoms with E-state index < -0.39 is 32.2 Å². The Morgan fingerprint density at radius 3 is 2.45 bits per heavy atom. The van der Waals surface area contributed by atoms with Crippen LogP contribution in [0, 0.1) is 10.1 Å². The summed E-state index contributed by atoms with van der Waals surface area (Å²) in [6.07, 6.45) is -0.330. The van der Waals surface area contributed by atoms with Crippen LogP contribution < -0.4 is 4.74 Å². The standard InChI is InChI=1S/C11H13NO7S/c1-18-9-5-8(12(14)15)6-10(7-9)20(16,17)4-3-11(13)19-2/h5-7H,3-4H2,1-2H3. The third-order valence-corrected chi connectivity index (χ3v) is 4.17. The number of carbonyl (C=O) groups excluding carboxylic acids is 1. The van der Waals surface area contributed by atoms with Gasteiger partial charge in [0, 0.05) is 6.07 Å². The number of esters is 1. The van der Waals surface area contributed by atoms with Crippen LogP contribution in [0.4, 0.5) is 5.69 Å². The number of ether oxygens (including phenoxy) is 2. The Balaban J connectivity index is 3.13. The highest BCUT2D eigenvalue weighted by molar-refractivity contribution is 7.91. The van der Waals surface area contributed by atoms with Gasteiger partial charge in [-0.3, -0.25) is 14.9 Å². The van der Waals surface area contributed by atoms with E-state index in [1.165, 1.54) is 13.2 Å². The lowest BCUT2D eigenvalue weighted by Gasteiger charge is -2.06. The van der Waals surface area contributed by atoms with Crippen LogP contribution in [0.25, 0.3) is 0 Å². The van der Waals surface area contributed by atoms with Crippen LogP contribution >= 0.6 is 0 Å². The van der Waals surface area contributed by atoms with Crippen LogP contribution in [0.1, 0.15) is 6.42 Å². The van der Waals surface area contributed by atoms with E-state index in [1.54, 1.807) is 0 Å². The van der Waals surface area contributed by atoms with E-state index in [-0.39, 0.29) is 17.1 Å². The maximum absolute atomic E-state index is 12.0. The Morgan fingerprint density at radius 1 is 1.30 bits per heavy atom. The summed E-state index contributed by atoms with van der Waals surface area (Å²) in [5, 5.41) is 10.7. The minimum Gasteiger partial charge on any atom is -0.496 e. The first-order valence-corrected chi connectivity index (χ1v) is 7.08. The van der Waals surface area contributed by atoms with Gasteiger partial charge in [-0.25, -0.2) is 8.42 Å². The highest BCUT2D eigenvalue weighted by Crippen LogP contribution is 2.26. The fourth-order valence-electron chi connectivity index (χ4n) is 1.40. The molecule has 0 bridgehead atoms. The van der Waals surface area contributed by atoms with Gasteiger partial charge in [0.25, 0.3) is 5.69 Å². The molecule has 1 rings (SSSR count). The smallest absolute Gasteiger partial charge is 0.306 e. The topological polar surface area (TPSA) is 113 Å². The molecule has 0 saturated heterocycles. The summed E-state index contributed by atoms with van der Waals surface area (Å²) < 4.78 is 33.2. The fraction of sp³-hybridized carbons (Fsp3) is 0.364. The van der Waals surface area contributed by atoms with Gasteiger partial charge in [-0.05, 0) is 6.07 Å². The van der Waals surface area contributed by atoms with E-state index in [1.807, 2.05) is 0 Å². The van der Waals surface area contributed by atoms with E-state index in [2.05, 4.69) is 4.74 Å². The molecule has 0 aliphatic rings. The van der Waals surface area contributed by atoms with Crippen LogP contribution in [0.5, 0.6) is 5.75 Å². The van der Waals surface area contributed by atoms with Gasteiger partial charge in [0.2, 0.25) is 0 Å². The molecule has 0 fully saturated rings. The predicted molar refractivity (Wildman–Crippen MR) is 68.3 cm³/mol. The Labute approximate surface area is 115 Å². The molecule has 20 heavy (non-hydrogen) atoms. The number of nitrogens with zero attached hydrogens (tertiary/aromatic N) is 1. The molecule has 0 unspecified atom stereocenters. The van der Waals surface area contributed by atoms with Crippen molar-refractivity contribution in [1.82, 2.24) is 0 Å². The van der Waals surface area contributed by atoms with E-state index >= 15 is 0 Å². The van der Waals surface area contributed by atoms with Crippen LogP contribution in [0.3, 0.4) is 0 Å². The van der Waals surface area contributed by atoms with Crippen molar-refractivity contribution in [2.45, 2.75) is 11.3 Å². The Bertz CT molecular complexity index is 624. The van der Waals surface area contributed by atoms with Crippen molar-refractivity contribution in [1.29, 1.82) is 0 Å². The van der Waals surface area contributed by atoms with Gasteiger partial charge in [-0.2, -0.15) is 0 Å². The molecule has 1 aromatic carbocycles. The van der Waals surface area contributed by atoms with Gasteiger partial charge in [-0.1, -0.05) is 0 Å². The van der Waals surface area contributed by atoms with Gasteiger partial charge in [0.1, 0.15) is 5.75 Å². The van der Waals surface area contributed by atoms with Crippen LogP contribution in [-0.2, 0) is 19.4 Å². The van der Waals surface area contributed by atoms with Crippen molar-refractivity contribution in [3.8, 4) is 5.75 Å². The average Bonchev–Trinajstić information content (AvgIpc) is 2.44. The first-order valence-electron chi connectivity index (χ1n) is 5.43.